The van der Waals surface area contributed by atoms with Crippen LogP contribution in [0.4, 0.5) is 0 Å². The molecule has 2 heteroatoms. The molecule has 0 aliphatic rings. The van der Waals surface area contributed by atoms with Gasteiger partial charge in [0, 0.05) is 0 Å². The van der Waals surface area contributed by atoms with Gasteiger partial charge in [-0.1, -0.05) is 73.6 Å². The van der Waals surface area contributed by atoms with Crippen molar-refractivity contribution in [2.45, 2.75) is 19.8 Å². The van der Waals surface area contributed by atoms with Gasteiger partial charge in [-0.3, -0.25) is 0 Å². The Morgan fingerprint density at radius 1 is 0.882 bits per heavy atom. The minimum Gasteiger partial charge on any atom is -0.0859 e. The van der Waals surface area contributed by atoms with Crippen molar-refractivity contribution in [3.05, 3.63) is 60.2 Å². The molecule has 0 aromatic heterocycles. The average Bonchev–Trinajstić information content (AvgIpc) is 2.39. The topological polar surface area (TPSA) is 0 Å². The summed E-state index contributed by atoms with van der Waals surface area (Å²) in [6, 6.07) is 18.9. The van der Waals surface area contributed by atoms with Crippen molar-refractivity contribution in [2.75, 3.05) is 0 Å². The normalized spacial score (nSPS) is 12.7. The van der Waals surface area contributed by atoms with Gasteiger partial charge in [0.05, 0.1) is 7.27 Å². The fourth-order valence-electron chi connectivity index (χ4n) is 1.71. The molecular formula is C15H16ClP. The van der Waals surface area contributed by atoms with E-state index in [1.165, 1.54) is 16.2 Å². The van der Waals surface area contributed by atoms with E-state index in [0.717, 1.165) is 0 Å². The molecule has 0 spiro atoms. The highest BCUT2D eigenvalue weighted by Gasteiger charge is 2.11. The summed E-state index contributed by atoms with van der Waals surface area (Å²) in [7, 11) is -0.740. The molecule has 0 aliphatic carbocycles. The van der Waals surface area contributed by atoms with Gasteiger partial charge >= 0.3 is 0 Å². The van der Waals surface area contributed by atoms with E-state index in [-0.39, 0.29) is 0 Å². The highest BCUT2D eigenvalue weighted by molar-refractivity contribution is 7.95. The molecule has 1 unspecified atom stereocenters. The summed E-state index contributed by atoms with van der Waals surface area (Å²) in [4.78, 5) is 0. The third kappa shape index (κ3) is 3.09. The van der Waals surface area contributed by atoms with E-state index in [1.807, 2.05) is 18.2 Å². The van der Waals surface area contributed by atoms with E-state index in [9.17, 15) is 0 Å². The molecule has 88 valence electrons. The molecule has 17 heavy (non-hydrogen) atoms. The largest absolute Gasteiger partial charge is 0.0859 e. The Hall–Kier alpha value is -0.840. The minimum absolute atomic E-state index is 0.547. The van der Waals surface area contributed by atoms with Crippen molar-refractivity contribution in [1.29, 1.82) is 0 Å². The number of benzene rings is 2. The van der Waals surface area contributed by atoms with Gasteiger partial charge in [-0.15, -0.1) is 0 Å². The molecule has 0 fully saturated rings. The molecule has 1 atom stereocenters. The molecule has 0 saturated carbocycles. The summed E-state index contributed by atoms with van der Waals surface area (Å²) in [6.45, 7) is 4.41. The average molecular weight is 263 g/mol. The van der Waals surface area contributed by atoms with Crippen LogP contribution in [0.15, 0.2) is 54.6 Å². The zero-order chi connectivity index (χ0) is 12.3. The fraction of sp³-hybridized carbons (Fsp3) is 0.200. The molecule has 0 bridgehead atoms. The van der Waals surface area contributed by atoms with Gasteiger partial charge in [0.15, 0.2) is 0 Å². The third-order valence-electron chi connectivity index (χ3n) is 2.75. The predicted octanol–water partition coefficient (Wildman–Crippen LogP) is 4.40. The summed E-state index contributed by atoms with van der Waals surface area (Å²) in [5, 5.41) is 2.45. The van der Waals surface area contributed by atoms with Gasteiger partial charge in [-0.25, -0.2) is 0 Å². The van der Waals surface area contributed by atoms with Gasteiger partial charge < -0.3 is 0 Å². The smallest absolute Gasteiger partial charge is 0.0524 e. The van der Waals surface area contributed by atoms with Gasteiger partial charge in [0.2, 0.25) is 0 Å². The van der Waals surface area contributed by atoms with Crippen LogP contribution in [-0.2, 0) is 0 Å². The van der Waals surface area contributed by atoms with Crippen LogP contribution in [0.2, 0.25) is 0 Å². The van der Waals surface area contributed by atoms with Crippen LogP contribution in [0.3, 0.4) is 0 Å². The Bertz CT molecular complexity index is 479. The second-order valence-electron chi connectivity index (χ2n) is 4.37. The summed E-state index contributed by atoms with van der Waals surface area (Å²) >= 11 is 6.57. The van der Waals surface area contributed by atoms with Gasteiger partial charge in [-0.2, -0.15) is 0 Å². The van der Waals surface area contributed by atoms with Crippen LogP contribution in [0.5, 0.6) is 0 Å². The highest BCUT2D eigenvalue weighted by atomic mass is 35.7. The molecule has 0 heterocycles. The second kappa shape index (κ2) is 5.67. The second-order valence-corrected chi connectivity index (χ2v) is 6.97. The first-order valence-electron chi connectivity index (χ1n) is 5.79. The highest BCUT2D eigenvalue weighted by Crippen LogP contribution is 2.39. The van der Waals surface area contributed by atoms with Crippen LogP contribution in [-0.4, -0.2) is 0 Å². The number of hydrogen-bond acceptors (Lipinski definition) is 0. The summed E-state index contributed by atoms with van der Waals surface area (Å²) in [5.41, 5.74) is 1.35. The lowest BCUT2D eigenvalue weighted by molar-refractivity contribution is 0.868. The van der Waals surface area contributed by atoms with E-state index in [1.54, 1.807) is 0 Å². The minimum atomic E-state index is -0.740. The summed E-state index contributed by atoms with van der Waals surface area (Å²) in [6.07, 6.45) is 0. The summed E-state index contributed by atoms with van der Waals surface area (Å²) < 4.78 is 0. The Morgan fingerprint density at radius 2 is 1.53 bits per heavy atom. The molecule has 2 aromatic rings. The number of hydrogen-bond donors (Lipinski definition) is 0. The van der Waals surface area contributed by atoms with E-state index in [4.69, 9.17) is 11.2 Å². The first kappa shape index (κ1) is 12.6. The first-order valence-corrected chi connectivity index (χ1v) is 8.04. The van der Waals surface area contributed by atoms with Crippen molar-refractivity contribution in [1.82, 2.24) is 0 Å². The van der Waals surface area contributed by atoms with E-state index >= 15 is 0 Å². The monoisotopic (exact) mass is 262 g/mol. The van der Waals surface area contributed by atoms with Crippen molar-refractivity contribution in [3.8, 4) is 0 Å². The van der Waals surface area contributed by atoms with Crippen LogP contribution < -0.4 is 10.6 Å². The molecule has 0 aliphatic heterocycles. The number of rotatable bonds is 3. The maximum atomic E-state index is 6.57. The third-order valence-corrected chi connectivity index (χ3v) is 5.40. The summed E-state index contributed by atoms with van der Waals surface area (Å²) in [5.74, 6) is 0.547. The maximum Gasteiger partial charge on any atom is 0.0524 e. The first-order chi connectivity index (χ1) is 8.18. The van der Waals surface area contributed by atoms with Gasteiger partial charge in [-0.05, 0) is 28.2 Å². The van der Waals surface area contributed by atoms with Crippen LogP contribution in [0, 0.1) is 0 Å². The molecule has 0 amide bonds. The molecule has 0 saturated heterocycles. The zero-order valence-electron chi connectivity index (χ0n) is 10.1. The SMILES string of the molecule is CC(C)c1cccc(P(Cl)c2ccccc2)c1. The Balaban J connectivity index is 2.31. The quantitative estimate of drug-likeness (QED) is 0.720. The Morgan fingerprint density at radius 3 is 2.18 bits per heavy atom. The molecule has 2 rings (SSSR count). The fourth-order valence-corrected chi connectivity index (χ4v) is 3.58. The predicted molar refractivity (Wildman–Crippen MR) is 79.0 cm³/mol. The number of halogens is 1. The van der Waals surface area contributed by atoms with Gasteiger partial charge in [0.25, 0.3) is 0 Å². The zero-order valence-corrected chi connectivity index (χ0v) is 11.7. The Labute approximate surface area is 109 Å². The van der Waals surface area contributed by atoms with E-state index in [2.05, 4.69) is 50.2 Å². The molecular weight excluding hydrogens is 247 g/mol. The molecule has 0 radical (unpaired) electrons. The maximum absolute atomic E-state index is 6.57. The lowest BCUT2D eigenvalue weighted by Crippen LogP contribution is -2.08. The van der Waals surface area contributed by atoms with Crippen molar-refractivity contribution >= 4 is 29.1 Å². The van der Waals surface area contributed by atoms with E-state index in [0.29, 0.717) is 5.92 Å². The lowest BCUT2D eigenvalue weighted by Gasteiger charge is -2.13. The van der Waals surface area contributed by atoms with Crippen LogP contribution in [0.25, 0.3) is 0 Å². The van der Waals surface area contributed by atoms with Crippen molar-refractivity contribution < 1.29 is 0 Å². The molecule has 2 aromatic carbocycles. The lowest BCUT2D eigenvalue weighted by atomic mass is 10.0. The van der Waals surface area contributed by atoms with E-state index < -0.39 is 7.27 Å². The molecule has 0 N–H and O–H groups in total. The molecule has 0 nitrogen and oxygen atoms in total. The van der Waals surface area contributed by atoms with Crippen molar-refractivity contribution in [3.63, 3.8) is 0 Å². The Kier molecular flexibility index (Phi) is 4.20. The van der Waals surface area contributed by atoms with Crippen LogP contribution >= 0.6 is 18.5 Å². The van der Waals surface area contributed by atoms with Gasteiger partial charge in [0.1, 0.15) is 0 Å². The standard InChI is InChI=1S/C15H16ClP/c1-12(2)13-7-6-10-15(11-13)17(16)14-8-4-3-5-9-14/h3-12H,1-2H3. The van der Waals surface area contributed by atoms with Crippen molar-refractivity contribution in [2.24, 2.45) is 0 Å². The van der Waals surface area contributed by atoms with Crippen LogP contribution in [0.1, 0.15) is 25.3 Å².